The highest BCUT2D eigenvalue weighted by atomic mass is 32.1. The molecule has 0 unspecified atom stereocenters. The molecule has 0 bridgehead atoms. The Morgan fingerprint density at radius 1 is 1.38 bits per heavy atom. The number of nitrogens with zero attached hydrogens (tertiary/aromatic N) is 2. The number of hydrogen-bond donors (Lipinski definition) is 0. The van der Waals surface area contributed by atoms with Gasteiger partial charge in [-0.25, -0.2) is 0 Å². The molecule has 4 nitrogen and oxygen atoms in total. The van der Waals surface area contributed by atoms with Crippen LogP contribution in [0.15, 0.2) is 34.1 Å². The zero-order valence-electron chi connectivity index (χ0n) is 12.0. The first-order valence-corrected chi connectivity index (χ1v) is 8.08. The zero-order valence-corrected chi connectivity index (χ0v) is 12.9. The van der Waals surface area contributed by atoms with Crippen LogP contribution in [-0.4, -0.2) is 17.7 Å². The van der Waals surface area contributed by atoms with Crippen LogP contribution in [0.25, 0.3) is 6.08 Å². The Labute approximate surface area is 127 Å². The summed E-state index contributed by atoms with van der Waals surface area (Å²) in [6.07, 6.45) is 4.11. The van der Waals surface area contributed by atoms with Gasteiger partial charge in [0.1, 0.15) is 5.75 Å². The predicted octanol–water partition coefficient (Wildman–Crippen LogP) is 1.55. The van der Waals surface area contributed by atoms with Crippen molar-refractivity contribution in [1.82, 2.24) is 4.57 Å². The Morgan fingerprint density at radius 2 is 2.19 bits per heavy atom. The van der Waals surface area contributed by atoms with Crippen LogP contribution in [0.1, 0.15) is 25.3 Å². The van der Waals surface area contributed by atoms with Crippen molar-refractivity contribution in [1.29, 1.82) is 0 Å². The maximum absolute atomic E-state index is 12.2. The maximum atomic E-state index is 12.2. The second-order valence-corrected chi connectivity index (χ2v) is 6.01. The van der Waals surface area contributed by atoms with Gasteiger partial charge in [-0.2, -0.15) is 0 Å². The number of ether oxygens (including phenoxy) is 1. The van der Waals surface area contributed by atoms with Crippen LogP contribution in [0, 0.1) is 0 Å². The second-order valence-electron chi connectivity index (χ2n) is 5.00. The lowest BCUT2D eigenvalue weighted by molar-refractivity contribution is 0.309. The summed E-state index contributed by atoms with van der Waals surface area (Å²) in [6.45, 7) is 4.33. The lowest BCUT2D eigenvalue weighted by atomic mass is 10.2. The molecular weight excluding hydrogens is 284 g/mol. The van der Waals surface area contributed by atoms with Crippen LogP contribution in [-0.2, 0) is 6.54 Å². The standard InChI is InChI=1S/C16H18N2O2S/c1-2-3-10-20-13-6-4-12(5-7-13)11-14-15(19)18-9-8-17-16(18)21-14/h4-7,11H,2-3,8-10H2,1H3/b14-11-. The third kappa shape index (κ3) is 3.08. The van der Waals surface area contributed by atoms with E-state index in [1.54, 1.807) is 4.57 Å². The SMILES string of the molecule is CCCCOc1ccc(/C=c2\sc3n(c2=O)CCN=3)cc1. The molecule has 0 radical (unpaired) electrons. The van der Waals surface area contributed by atoms with Gasteiger partial charge >= 0.3 is 0 Å². The van der Waals surface area contributed by atoms with Gasteiger partial charge in [-0.3, -0.25) is 14.4 Å². The molecule has 21 heavy (non-hydrogen) atoms. The van der Waals surface area contributed by atoms with Gasteiger partial charge in [0.2, 0.25) is 0 Å². The second kappa shape index (κ2) is 6.26. The Kier molecular flexibility index (Phi) is 4.20. The summed E-state index contributed by atoms with van der Waals surface area (Å²) in [4.78, 5) is 17.3. The smallest absolute Gasteiger partial charge is 0.270 e. The first-order valence-electron chi connectivity index (χ1n) is 7.26. The van der Waals surface area contributed by atoms with E-state index in [1.807, 2.05) is 30.3 Å². The van der Waals surface area contributed by atoms with Gasteiger partial charge in [-0.15, -0.1) is 0 Å². The molecule has 1 aliphatic heterocycles. The van der Waals surface area contributed by atoms with Crippen molar-refractivity contribution in [3.63, 3.8) is 0 Å². The molecule has 0 amide bonds. The summed E-state index contributed by atoms with van der Waals surface area (Å²) in [5, 5.41) is 0. The Morgan fingerprint density at radius 3 is 2.90 bits per heavy atom. The number of fused-ring (bicyclic) bond motifs is 1. The Hall–Kier alpha value is -1.88. The number of unbranched alkanes of at least 4 members (excludes halogenated alkanes) is 1. The van der Waals surface area contributed by atoms with E-state index < -0.39 is 0 Å². The molecule has 0 aliphatic carbocycles. The average Bonchev–Trinajstić information content (AvgIpc) is 3.06. The molecule has 1 aromatic heterocycles. The van der Waals surface area contributed by atoms with Gasteiger partial charge in [0.05, 0.1) is 17.7 Å². The van der Waals surface area contributed by atoms with Crippen LogP contribution < -0.4 is 19.6 Å². The number of thiazole rings is 1. The highest BCUT2D eigenvalue weighted by molar-refractivity contribution is 7.07. The number of aromatic nitrogens is 1. The molecule has 110 valence electrons. The van der Waals surface area contributed by atoms with Crippen molar-refractivity contribution in [2.75, 3.05) is 13.2 Å². The van der Waals surface area contributed by atoms with Crippen LogP contribution in [0.5, 0.6) is 5.75 Å². The van der Waals surface area contributed by atoms with Crippen molar-refractivity contribution in [3.8, 4) is 5.75 Å². The van der Waals surface area contributed by atoms with E-state index in [0.717, 1.165) is 46.6 Å². The Bertz CT molecular complexity index is 787. The van der Waals surface area contributed by atoms with Gasteiger partial charge < -0.3 is 4.74 Å². The van der Waals surface area contributed by atoms with Crippen molar-refractivity contribution >= 4 is 17.4 Å². The zero-order chi connectivity index (χ0) is 14.7. The minimum atomic E-state index is 0.0690. The largest absolute Gasteiger partial charge is 0.494 e. The van der Waals surface area contributed by atoms with Gasteiger partial charge in [0.15, 0.2) is 4.80 Å². The average molecular weight is 302 g/mol. The molecular formula is C16H18N2O2S. The molecule has 2 heterocycles. The van der Waals surface area contributed by atoms with E-state index in [9.17, 15) is 4.79 Å². The third-order valence-electron chi connectivity index (χ3n) is 3.40. The van der Waals surface area contributed by atoms with Crippen molar-refractivity contribution in [2.24, 2.45) is 4.99 Å². The first-order chi connectivity index (χ1) is 10.3. The number of rotatable bonds is 5. The molecule has 0 N–H and O–H groups in total. The van der Waals surface area contributed by atoms with Crippen LogP contribution in [0.4, 0.5) is 0 Å². The van der Waals surface area contributed by atoms with Gasteiger partial charge in [0.25, 0.3) is 5.56 Å². The third-order valence-corrected chi connectivity index (χ3v) is 4.45. The summed E-state index contributed by atoms with van der Waals surface area (Å²) in [5.74, 6) is 0.876. The van der Waals surface area contributed by atoms with Crippen molar-refractivity contribution in [2.45, 2.75) is 26.3 Å². The summed E-state index contributed by atoms with van der Waals surface area (Å²) in [6, 6.07) is 7.86. The van der Waals surface area contributed by atoms with Crippen molar-refractivity contribution in [3.05, 3.63) is 49.5 Å². The monoisotopic (exact) mass is 302 g/mol. The molecule has 0 spiro atoms. The highest BCUT2D eigenvalue weighted by Crippen LogP contribution is 2.13. The van der Waals surface area contributed by atoms with E-state index in [0.29, 0.717) is 6.54 Å². The van der Waals surface area contributed by atoms with E-state index in [-0.39, 0.29) is 5.56 Å². The lowest BCUT2D eigenvalue weighted by Crippen LogP contribution is -2.29. The fraction of sp³-hybridized carbons (Fsp3) is 0.375. The van der Waals surface area contributed by atoms with E-state index in [1.165, 1.54) is 11.3 Å². The summed E-state index contributed by atoms with van der Waals surface area (Å²) < 4.78 is 8.13. The van der Waals surface area contributed by atoms with Gasteiger partial charge in [0, 0.05) is 6.54 Å². The minimum Gasteiger partial charge on any atom is -0.494 e. The van der Waals surface area contributed by atoms with Crippen LogP contribution in [0.3, 0.4) is 0 Å². The highest BCUT2D eigenvalue weighted by Gasteiger charge is 2.09. The van der Waals surface area contributed by atoms with Crippen LogP contribution >= 0.6 is 11.3 Å². The first kappa shape index (κ1) is 14.1. The molecule has 2 aromatic rings. The van der Waals surface area contributed by atoms with Gasteiger partial charge in [-0.1, -0.05) is 36.8 Å². The van der Waals surface area contributed by atoms with Gasteiger partial charge in [-0.05, 0) is 30.2 Å². The maximum Gasteiger partial charge on any atom is 0.270 e. The fourth-order valence-electron chi connectivity index (χ4n) is 2.21. The van der Waals surface area contributed by atoms with Crippen molar-refractivity contribution < 1.29 is 4.74 Å². The normalized spacial score (nSPS) is 14.0. The Balaban J connectivity index is 1.82. The molecule has 1 aliphatic rings. The minimum absolute atomic E-state index is 0.0690. The number of hydrogen-bond acceptors (Lipinski definition) is 4. The topological polar surface area (TPSA) is 43.6 Å². The summed E-state index contributed by atoms with van der Waals surface area (Å²) in [5.41, 5.74) is 1.08. The van der Waals surface area contributed by atoms with Crippen LogP contribution in [0.2, 0.25) is 0 Å². The molecule has 3 rings (SSSR count). The summed E-state index contributed by atoms with van der Waals surface area (Å²) in [7, 11) is 0. The number of benzene rings is 1. The molecule has 0 atom stereocenters. The van der Waals surface area contributed by atoms with E-state index in [2.05, 4.69) is 11.9 Å². The molecule has 0 saturated heterocycles. The lowest BCUT2D eigenvalue weighted by Gasteiger charge is -2.04. The molecule has 1 aromatic carbocycles. The fourth-order valence-corrected chi connectivity index (χ4v) is 3.24. The molecule has 0 fully saturated rings. The quantitative estimate of drug-likeness (QED) is 0.787. The van der Waals surface area contributed by atoms with E-state index in [4.69, 9.17) is 4.74 Å². The molecule has 0 saturated carbocycles. The summed E-state index contributed by atoms with van der Waals surface area (Å²) >= 11 is 1.46. The van der Waals surface area contributed by atoms with E-state index >= 15 is 0 Å². The predicted molar refractivity (Wildman–Crippen MR) is 84.6 cm³/mol. The molecule has 5 heteroatoms.